The Morgan fingerprint density at radius 2 is 2.07 bits per heavy atom. The smallest absolute Gasteiger partial charge is 0.0589 e. The highest BCUT2D eigenvalue weighted by Gasteiger charge is 2.17. The summed E-state index contributed by atoms with van der Waals surface area (Å²) in [6.45, 7) is 6.51. The average Bonchev–Trinajstić information content (AvgIpc) is 2.02. The summed E-state index contributed by atoms with van der Waals surface area (Å²) < 4.78 is 0. The van der Waals surface area contributed by atoms with E-state index in [1.54, 1.807) is 6.20 Å². The van der Waals surface area contributed by atoms with Crippen molar-refractivity contribution in [3.05, 3.63) is 29.0 Å². The summed E-state index contributed by atoms with van der Waals surface area (Å²) in [5.74, 6) is 0. The van der Waals surface area contributed by atoms with Crippen molar-refractivity contribution in [1.29, 1.82) is 0 Å². The van der Waals surface area contributed by atoms with E-state index in [4.69, 9.17) is 17.3 Å². The number of hydrogen-bond donors (Lipinski definition) is 1. The summed E-state index contributed by atoms with van der Waals surface area (Å²) >= 11 is 5.75. The molecule has 1 aromatic heterocycles. The summed E-state index contributed by atoms with van der Waals surface area (Å²) in [5.41, 5.74) is 7.16. The Morgan fingerprint density at radius 3 is 2.50 bits per heavy atom. The van der Waals surface area contributed by atoms with Crippen LogP contribution in [0.1, 0.15) is 38.9 Å². The third-order valence-corrected chi connectivity index (χ3v) is 2.19. The Labute approximate surface area is 90.5 Å². The van der Waals surface area contributed by atoms with Gasteiger partial charge in [0.05, 0.1) is 10.7 Å². The number of halogens is 1. The molecule has 0 radical (unpaired) electrons. The van der Waals surface area contributed by atoms with E-state index in [0.717, 1.165) is 12.1 Å². The van der Waals surface area contributed by atoms with Gasteiger partial charge in [0.1, 0.15) is 0 Å². The Bertz CT molecular complexity index is 287. The minimum atomic E-state index is -0.00716. The third-order valence-electron chi connectivity index (χ3n) is 1.96. The lowest BCUT2D eigenvalue weighted by Crippen LogP contribution is -2.19. The predicted octanol–water partition coefficient (Wildman–Crippen LogP) is 3.17. The molecule has 0 aromatic carbocycles. The fourth-order valence-corrected chi connectivity index (χ4v) is 1.48. The van der Waals surface area contributed by atoms with Gasteiger partial charge in [-0.3, -0.25) is 4.98 Å². The van der Waals surface area contributed by atoms with E-state index in [0.29, 0.717) is 5.02 Å². The molecule has 0 fully saturated rings. The van der Waals surface area contributed by atoms with Crippen LogP contribution >= 0.6 is 11.6 Å². The number of hydrogen-bond acceptors (Lipinski definition) is 2. The van der Waals surface area contributed by atoms with Crippen LogP contribution in [-0.4, -0.2) is 4.98 Å². The molecule has 1 rings (SSSR count). The Morgan fingerprint density at radius 1 is 1.43 bits per heavy atom. The molecule has 0 bridgehead atoms. The van der Waals surface area contributed by atoms with Crippen molar-refractivity contribution in [2.45, 2.75) is 33.2 Å². The molecule has 3 heteroatoms. The maximum Gasteiger partial charge on any atom is 0.0589 e. The highest BCUT2D eigenvalue weighted by molar-refractivity contribution is 6.30. The lowest BCUT2D eigenvalue weighted by molar-refractivity contribution is 0.340. The fourth-order valence-electron chi connectivity index (χ4n) is 1.37. The number of rotatable bonds is 2. The van der Waals surface area contributed by atoms with Crippen molar-refractivity contribution in [3.8, 4) is 0 Å². The van der Waals surface area contributed by atoms with Gasteiger partial charge in [-0.25, -0.2) is 0 Å². The van der Waals surface area contributed by atoms with Crippen LogP contribution < -0.4 is 5.73 Å². The van der Waals surface area contributed by atoms with E-state index in [9.17, 15) is 0 Å². The van der Waals surface area contributed by atoms with Crippen LogP contribution in [0.4, 0.5) is 0 Å². The summed E-state index contributed by atoms with van der Waals surface area (Å²) in [7, 11) is 0. The van der Waals surface area contributed by atoms with E-state index in [1.807, 2.05) is 12.1 Å². The number of aromatic nitrogens is 1. The summed E-state index contributed by atoms with van der Waals surface area (Å²) in [4.78, 5) is 4.21. The van der Waals surface area contributed by atoms with Gasteiger partial charge < -0.3 is 5.73 Å². The van der Waals surface area contributed by atoms with Gasteiger partial charge >= 0.3 is 0 Å². The molecule has 14 heavy (non-hydrogen) atoms. The summed E-state index contributed by atoms with van der Waals surface area (Å²) in [5, 5.41) is 0.650. The fraction of sp³-hybridized carbons (Fsp3) is 0.545. The van der Waals surface area contributed by atoms with Gasteiger partial charge in [0.2, 0.25) is 0 Å². The third kappa shape index (κ3) is 3.64. The number of pyridine rings is 1. The van der Waals surface area contributed by atoms with Crippen LogP contribution in [0.3, 0.4) is 0 Å². The first-order valence-electron chi connectivity index (χ1n) is 4.75. The predicted molar refractivity (Wildman–Crippen MR) is 60.2 cm³/mol. The molecule has 0 spiro atoms. The van der Waals surface area contributed by atoms with Crippen molar-refractivity contribution >= 4 is 11.6 Å². The highest BCUT2D eigenvalue weighted by atomic mass is 35.5. The first-order chi connectivity index (χ1) is 6.38. The highest BCUT2D eigenvalue weighted by Crippen LogP contribution is 2.26. The van der Waals surface area contributed by atoms with Gasteiger partial charge in [0.25, 0.3) is 0 Å². The largest absolute Gasteiger partial charge is 0.323 e. The van der Waals surface area contributed by atoms with E-state index >= 15 is 0 Å². The van der Waals surface area contributed by atoms with Gasteiger partial charge in [-0.1, -0.05) is 32.4 Å². The molecule has 2 nitrogen and oxygen atoms in total. The normalized spacial score (nSPS) is 14.1. The van der Waals surface area contributed by atoms with E-state index in [-0.39, 0.29) is 11.5 Å². The van der Waals surface area contributed by atoms with Gasteiger partial charge in [-0.2, -0.15) is 0 Å². The molecule has 78 valence electrons. The topological polar surface area (TPSA) is 38.9 Å². The molecular weight excluding hydrogens is 196 g/mol. The maximum atomic E-state index is 6.03. The van der Waals surface area contributed by atoms with Crippen molar-refractivity contribution in [1.82, 2.24) is 4.98 Å². The van der Waals surface area contributed by atoms with Crippen LogP contribution in [0.5, 0.6) is 0 Å². The van der Waals surface area contributed by atoms with Crippen LogP contribution in [0.25, 0.3) is 0 Å². The zero-order valence-corrected chi connectivity index (χ0v) is 9.67. The minimum Gasteiger partial charge on any atom is -0.323 e. The number of nitrogens with two attached hydrogens (primary N) is 1. The number of nitrogens with zero attached hydrogens (tertiary/aromatic N) is 1. The minimum absolute atomic E-state index is 0.00716. The average molecular weight is 213 g/mol. The van der Waals surface area contributed by atoms with Crippen molar-refractivity contribution in [3.63, 3.8) is 0 Å². The van der Waals surface area contributed by atoms with Gasteiger partial charge in [-0.05, 0) is 24.0 Å². The van der Waals surface area contributed by atoms with E-state index in [2.05, 4.69) is 25.8 Å². The molecule has 0 aliphatic heterocycles. The molecule has 0 unspecified atom stereocenters. The zero-order chi connectivity index (χ0) is 10.8. The van der Waals surface area contributed by atoms with Crippen LogP contribution in [0.15, 0.2) is 18.3 Å². The van der Waals surface area contributed by atoms with Crippen LogP contribution in [0, 0.1) is 5.41 Å². The summed E-state index contributed by atoms with van der Waals surface area (Å²) in [6.07, 6.45) is 2.56. The molecule has 0 saturated carbocycles. The monoisotopic (exact) mass is 212 g/mol. The second-order valence-corrected chi connectivity index (χ2v) is 5.21. The van der Waals surface area contributed by atoms with E-state index < -0.39 is 0 Å². The first-order valence-corrected chi connectivity index (χ1v) is 5.13. The maximum absolute atomic E-state index is 6.03. The quantitative estimate of drug-likeness (QED) is 0.818. The molecule has 1 heterocycles. The Hall–Kier alpha value is -0.600. The molecule has 2 N–H and O–H groups in total. The molecular formula is C11H17ClN2. The van der Waals surface area contributed by atoms with E-state index in [1.165, 1.54) is 0 Å². The molecule has 0 saturated heterocycles. The molecule has 0 amide bonds. The lowest BCUT2D eigenvalue weighted by atomic mass is 9.87. The Kier molecular flexibility index (Phi) is 3.51. The zero-order valence-electron chi connectivity index (χ0n) is 8.92. The first kappa shape index (κ1) is 11.5. The second-order valence-electron chi connectivity index (χ2n) is 4.77. The molecule has 1 atom stereocenters. The van der Waals surface area contributed by atoms with Crippen molar-refractivity contribution in [2.24, 2.45) is 11.1 Å². The van der Waals surface area contributed by atoms with Gasteiger partial charge in [0.15, 0.2) is 0 Å². The van der Waals surface area contributed by atoms with Crippen LogP contribution in [-0.2, 0) is 0 Å². The van der Waals surface area contributed by atoms with Gasteiger partial charge in [-0.15, -0.1) is 0 Å². The Balaban J connectivity index is 2.70. The molecule has 0 aliphatic rings. The van der Waals surface area contributed by atoms with Gasteiger partial charge in [0, 0.05) is 12.2 Å². The second kappa shape index (κ2) is 4.28. The lowest BCUT2D eigenvalue weighted by Gasteiger charge is -2.22. The van der Waals surface area contributed by atoms with Crippen molar-refractivity contribution < 1.29 is 0 Å². The molecule has 0 aliphatic carbocycles. The standard InChI is InChI=1S/C11H17ClN2/c1-11(2,3)6-9(13)10-5-4-8(12)7-14-10/h4-5,7,9H,6,13H2,1-3H3/t9-/m1/s1. The summed E-state index contributed by atoms with van der Waals surface area (Å²) in [6, 6.07) is 3.71. The molecule has 1 aromatic rings. The van der Waals surface area contributed by atoms with Crippen molar-refractivity contribution in [2.75, 3.05) is 0 Å². The van der Waals surface area contributed by atoms with Crippen LogP contribution in [0.2, 0.25) is 5.02 Å². The SMILES string of the molecule is CC(C)(C)C[C@@H](N)c1ccc(Cl)cn1.